The van der Waals surface area contributed by atoms with Gasteiger partial charge in [0.15, 0.2) is 5.65 Å². The molecule has 5 heterocycles. The SMILES string of the molecule is c1ccc(-c2cc(-n3c4ccccc4c4cc(-c5cccc6oc7ccc(-c8ccc9c(c8)c8ccccc8n9-c8ccccc8)cc7c56)ccc43)nc3ncccc23)cc1. The van der Waals surface area contributed by atoms with Crippen molar-refractivity contribution >= 4 is 76.6 Å². The van der Waals surface area contributed by atoms with Crippen LogP contribution in [0.15, 0.2) is 211 Å². The summed E-state index contributed by atoms with van der Waals surface area (Å²) in [6, 6.07) is 71.4. The molecule has 284 valence electrons. The Kier molecular flexibility index (Phi) is 7.24. The van der Waals surface area contributed by atoms with Gasteiger partial charge in [0.05, 0.1) is 22.1 Å². The molecule has 5 aromatic heterocycles. The van der Waals surface area contributed by atoms with Gasteiger partial charge in [-0.15, -0.1) is 0 Å². The Labute approximate surface area is 350 Å². The van der Waals surface area contributed by atoms with E-state index in [1.54, 1.807) is 0 Å². The Morgan fingerprint density at radius 3 is 1.75 bits per heavy atom. The lowest BCUT2D eigenvalue weighted by molar-refractivity contribution is 0.669. The minimum absolute atomic E-state index is 0.721. The van der Waals surface area contributed by atoms with Crippen LogP contribution in [0.25, 0.3) is 121 Å². The first-order valence-corrected chi connectivity index (χ1v) is 20.6. The van der Waals surface area contributed by atoms with Crippen molar-refractivity contribution in [1.29, 1.82) is 0 Å². The molecule has 5 nitrogen and oxygen atoms in total. The summed E-state index contributed by atoms with van der Waals surface area (Å²) >= 11 is 0. The zero-order chi connectivity index (χ0) is 40.0. The van der Waals surface area contributed by atoms with Crippen LogP contribution in [0.5, 0.6) is 0 Å². The highest BCUT2D eigenvalue weighted by Gasteiger charge is 2.20. The Balaban J connectivity index is 0.974. The fraction of sp³-hybridized carbons (Fsp3) is 0. The maximum atomic E-state index is 6.57. The van der Waals surface area contributed by atoms with Gasteiger partial charge in [-0.25, -0.2) is 9.97 Å². The van der Waals surface area contributed by atoms with Gasteiger partial charge in [0.2, 0.25) is 0 Å². The fourth-order valence-corrected chi connectivity index (χ4v) is 9.66. The van der Waals surface area contributed by atoms with E-state index in [2.05, 4.69) is 203 Å². The van der Waals surface area contributed by atoms with Crippen molar-refractivity contribution in [2.24, 2.45) is 0 Å². The van der Waals surface area contributed by atoms with E-state index < -0.39 is 0 Å². The van der Waals surface area contributed by atoms with Crippen LogP contribution in [0, 0.1) is 0 Å². The molecule has 0 N–H and O–H groups in total. The van der Waals surface area contributed by atoms with Crippen molar-refractivity contribution in [3.63, 3.8) is 0 Å². The van der Waals surface area contributed by atoms with Gasteiger partial charge >= 0.3 is 0 Å². The number of nitrogens with zero attached hydrogens (tertiary/aromatic N) is 4. The lowest BCUT2D eigenvalue weighted by atomic mass is 9.96. The molecule has 0 fully saturated rings. The molecule has 61 heavy (non-hydrogen) atoms. The normalized spacial score (nSPS) is 11.9. The molecule has 0 aliphatic heterocycles. The molecule has 0 atom stereocenters. The molecule has 13 aromatic rings. The smallest absolute Gasteiger partial charge is 0.162 e. The molecule has 0 amide bonds. The van der Waals surface area contributed by atoms with Crippen LogP contribution >= 0.6 is 0 Å². The summed E-state index contributed by atoms with van der Waals surface area (Å²) in [4.78, 5) is 9.90. The third kappa shape index (κ3) is 5.14. The average Bonchev–Trinajstić information content (AvgIpc) is 3.99. The van der Waals surface area contributed by atoms with Gasteiger partial charge in [0, 0.05) is 49.6 Å². The van der Waals surface area contributed by atoms with Gasteiger partial charge in [-0.2, -0.15) is 0 Å². The van der Waals surface area contributed by atoms with Gasteiger partial charge in [-0.05, 0) is 118 Å². The summed E-state index contributed by atoms with van der Waals surface area (Å²) < 4.78 is 11.2. The van der Waals surface area contributed by atoms with E-state index in [1.165, 1.54) is 32.8 Å². The number of hydrogen-bond donors (Lipinski definition) is 0. The van der Waals surface area contributed by atoms with Crippen molar-refractivity contribution in [1.82, 2.24) is 19.1 Å². The Bertz CT molecular complexity index is 3880. The van der Waals surface area contributed by atoms with Gasteiger partial charge in [-0.3, -0.25) is 4.57 Å². The van der Waals surface area contributed by atoms with Crippen LogP contribution in [0.4, 0.5) is 0 Å². The number of fused-ring (bicyclic) bond motifs is 10. The van der Waals surface area contributed by atoms with Crippen molar-refractivity contribution in [3.8, 4) is 44.9 Å². The third-order valence-corrected chi connectivity index (χ3v) is 12.4. The monoisotopic (exact) mass is 778 g/mol. The molecule has 0 saturated carbocycles. The second-order valence-corrected chi connectivity index (χ2v) is 15.8. The molecular weight excluding hydrogens is 745 g/mol. The third-order valence-electron chi connectivity index (χ3n) is 12.4. The maximum absolute atomic E-state index is 6.57. The molecular formula is C56H34N4O. The zero-order valence-corrected chi connectivity index (χ0v) is 32.8. The van der Waals surface area contributed by atoms with Crippen LogP contribution in [0.1, 0.15) is 0 Å². The standard InChI is InChI=1S/C56H34N4O/c1-3-13-35(14-4-1)44-34-54(58-56-43(44)20-12-30-57-56)60-49-22-10-8-18-42(49)46-33-38(25-28-51(46)60)40-19-11-23-53-55(40)47-32-37(26-29-52(47)61-53)36-24-27-50-45(31-36)41-17-7-9-21-48(41)59(50)39-15-5-2-6-16-39/h1-34H. The second kappa shape index (κ2) is 13.1. The number of hydrogen-bond acceptors (Lipinski definition) is 3. The number of furan rings is 1. The molecule has 13 rings (SSSR count). The number of rotatable bonds is 5. The molecule has 0 saturated heterocycles. The quantitative estimate of drug-likeness (QED) is 0.175. The van der Waals surface area contributed by atoms with E-state index in [0.29, 0.717) is 0 Å². The highest BCUT2D eigenvalue weighted by Crippen LogP contribution is 2.42. The number of para-hydroxylation sites is 3. The van der Waals surface area contributed by atoms with Crippen molar-refractivity contribution in [3.05, 3.63) is 206 Å². The van der Waals surface area contributed by atoms with Gasteiger partial charge in [-0.1, -0.05) is 115 Å². The highest BCUT2D eigenvalue weighted by atomic mass is 16.3. The molecule has 0 radical (unpaired) electrons. The molecule has 0 aliphatic rings. The molecule has 0 unspecified atom stereocenters. The number of pyridine rings is 2. The summed E-state index contributed by atoms with van der Waals surface area (Å²) in [5.41, 5.74) is 15.0. The minimum atomic E-state index is 0.721. The molecule has 8 aromatic carbocycles. The van der Waals surface area contributed by atoms with E-state index in [0.717, 1.165) is 88.7 Å². The number of aromatic nitrogens is 4. The van der Waals surface area contributed by atoms with Crippen molar-refractivity contribution < 1.29 is 4.42 Å². The molecule has 0 bridgehead atoms. The highest BCUT2D eigenvalue weighted by molar-refractivity contribution is 6.16. The van der Waals surface area contributed by atoms with Crippen LogP contribution in [-0.4, -0.2) is 19.1 Å². The second-order valence-electron chi connectivity index (χ2n) is 15.8. The summed E-state index contributed by atoms with van der Waals surface area (Å²) in [5, 5.41) is 8.03. The molecule has 0 spiro atoms. The predicted molar refractivity (Wildman–Crippen MR) is 252 cm³/mol. The topological polar surface area (TPSA) is 48.8 Å². The lowest BCUT2D eigenvalue weighted by Crippen LogP contribution is -2.00. The van der Waals surface area contributed by atoms with E-state index in [9.17, 15) is 0 Å². The first-order chi connectivity index (χ1) is 30.2. The van der Waals surface area contributed by atoms with Crippen LogP contribution in [0.3, 0.4) is 0 Å². The van der Waals surface area contributed by atoms with Crippen LogP contribution in [-0.2, 0) is 0 Å². The van der Waals surface area contributed by atoms with Gasteiger partial charge < -0.3 is 8.98 Å². The largest absolute Gasteiger partial charge is 0.456 e. The van der Waals surface area contributed by atoms with Crippen LogP contribution < -0.4 is 0 Å². The fourth-order valence-electron chi connectivity index (χ4n) is 9.66. The summed E-state index contributed by atoms with van der Waals surface area (Å²) in [5.74, 6) is 0.835. The molecule has 5 heteroatoms. The molecule has 0 aliphatic carbocycles. The Hall–Kier alpha value is -8.28. The Morgan fingerprint density at radius 2 is 0.967 bits per heavy atom. The minimum Gasteiger partial charge on any atom is -0.456 e. The summed E-state index contributed by atoms with van der Waals surface area (Å²) in [6.45, 7) is 0. The van der Waals surface area contributed by atoms with Crippen molar-refractivity contribution in [2.75, 3.05) is 0 Å². The predicted octanol–water partition coefficient (Wildman–Crippen LogP) is 14.7. The Morgan fingerprint density at radius 1 is 0.361 bits per heavy atom. The maximum Gasteiger partial charge on any atom is 0.162 e. The average molecular weight is 779 g/mol. The lowest BCUT2D eigenvalue weighted by Gasteiger charge is -2.12. The van der Waals surface area contributed by atoms with E-state index >= 15 is 0 Å². The zero-order valence-electron chi connectivity index (χ0n) is 32.8. The van der Waals surface area contributed by atoms with E-state index in [4.69, 9.17) is 14.4 Å². The van der Waals surface area contributed by atoms with E-state index in [1.807, 2.05) is 12.3 Å². The summed E-state index contributed by atoms with van der Waals surface area (Å²) in [7, 11) is 0. The van der Waals surface area contributed by atoms with E-state index in [-0.39, 0.29) is 0 Å². The summed E-state index contributed by atoms with van der Waals surface area (Å²) in [6.07, 6.45) is 1.82. The van der Waals surface area contributed by atoms with Gasteiger partial charge in [0.1, 0.15) is 17.0 Å². The van der Waals surface area contributed by atoms with Crippen molar-refractivity contribution in [2.45, 2.75) is 0 Å². The first kappa shape index (κ1) is 33.7. The first-order valence-electron chi connectivity index (χ1n) is 20.6. The number of benzene rings is 8. The van der Waals surface area contributed by atoms with Crippen LogP contribution in [0.2, 0.25) is 0 Å². The van der Waals surface area contributed by atoms with Gasteiger partial charge in [0.25, 0.3) is 0 Å².